The van der Waals surface area contributed by atoms with Crippen LogP contribution in [0.1, 0.15) is 50.5 Å². The average molecular weight is 359 g/mol. The van der Waals surface area contributed by atoms with Gasteiger partial charge in [-0.3, -0.25) is 19.7 Å². The van der Waals surface area contributed by atoms with E-state index in [1.54, 1.807) is 30.3 Å². The van der Waals surface area contributed by atoms with Crippen LogP contribution in [-0.4, -0.2) is 17.1 Å². The summed E-state index contributed by atoms with van der Waals surface area (Å²) in [6.45, 7) is 0. The molecule has 0 spiro atoms. The Kier molecular flexibility index (Phi) is 5.91. The van der Waals surface area contributed by atoms with Crippen LogP contribution < -0.4 is 10.1 Å². The van der Waals surface area contributed by atoms with E-state index in [1.807, 2.05) is 0 Å². The van der Waals surface area contributed by atoms with Crippen molar-refractivity contribution >= 4 is 35.0 Å². The molecule has 0 unspecified atom stereocenters. The van der Waals surface area contributed by atoms with Crippen LogP contribution in [-0.2, 0) is 9.59 Å². The molecule has 0 radical (unpaired) electrons. The van der Waals surface area contributed by atoms with Crippen LogP contribution in [0, 0.1) is 5.92 Å². The van der Waals surface area contributed by atoms with Crippen molar-refractivity contribution in [1.82, 2.24) is 5.32 Å². The lowest BCUT2D eigenvalue weighted by atomic mass is 9.86. The predicted molar refractivity (Wildman–Crippen MR) is 97.0 cm³/mol. The lowest BCUT2D eigenvalue weighted by Gasteiger charge is -2.20. The lowest BCUT2D eigenvalue weighted by Crippen LogP contribution is -2.17. The van der Waals surface area contributed by atoms with Gasteiger partial charge >= 0.3 is 5.97 Å². The molecule has 2 fully saturated rings. The highest BCUT2D eigenvalue weighted by Crippen LogP contribution is 2.28. The van der Waals surface area contributed by atoms with E-state index in [9.17, 15) is 14.4 Å². The fourth-order valence-electron chi connectivity index (χ4n) is 3.18. The molecule has 6 heteroatoms. The van der Waals surface area contributed by atoms with Crippen molar-refractivity contribution in [3.05, 3.63) is 34.7 Å². The lowest BCUT2D eigenvalue weighted by molar-refractivity contribution is -0.134. The number of thioether (sulfide) groups is 1. The van der Waals surface area contributed by atoms with Crippen LogP contribution >= 0.6 is 11.8 Å². The molecule has 5 nitrogen and oxygen atoms in total. The minimum atomic E-state index is -0.381. The topological polar surface area (TPSA) is 72.5 Å². The zero-order chi connectivity index (χ0) is 17.6. The summed E-state index contributed by atoms with van der Waals surface area (Å²) in [5.41, 5.74) is 0.773. The second-order valence-electron chi connectivity index (χ2n) is 6.44. The Labute approximate surface area is 151 Å². The van der Waals surface area contributed by atoms with E-state index in [1.165, 1.54) is 32.1 Å². The molecule has 1 heterocycles. The van der Waals surface area contributed by atoms with Crippen LogP contribution in [0.2, 0.25) is 0 Å². The van der Waals surface area contributed by atoms with Crippen molar-refractivity contribution in [2.45, 2.75) is 44.9 Å². The Bertz CT molecular complexity index is 690. The molecule has 1 N–H and O–H groups in total. The number of hydrogen-bond donors (Lipinski definition) is 1. The van der Waals surface area contributed by atoms with Gasteiger partial charge in [0.15, 0.2) is 0 Å². The molecule has 0 bridgehead atoms. The number of amides is 2. The van der Waals surface area contributed by atoms with Crippen LogP contribution in [0.25, 0.3) is 6.08 Å². The number of hydrogen-bond acceptors (Lipinski definition) is 5. The van der Waals surface area contributed by atoms with Gasteiger partial charge < -0.3 is 4.74 Å². The van der Waals surface area contributed by atoms with E-state index >= 15 is 0 Å². The van der Waals surface area contributed by atoms with Gasteiger partial charge in [-0.15, -0.1) is 0 Å². The Hall–Kier alpha value is -2.08. The normalized spacial score (nSPS) is 19.9. The van der Waals surface area contributed by atoms with Crippen LogP contribution in [0.5, 0.6) is 5.75 Å². The molecule has 132 valence electrons. The Morgan fingerprint density at radius 3 is 2.52 bits per heavy atom. The molecule has 3 rings (SSSR count). The van der Waals surface area contributed by atoms with E-state index in [4.69, 9.17) is 4.74 Å². The number of carbonyl (C=O) groups excluding carboxylic acids is 3. The smallest absolute Gasteiger partial charge is 0.311 e. The molecule has 2 aliphatic rings. The third-order valence-corrected chi connectivity index (χ3v) is 5.34. The molecular formula is C19H21NO4S. The van der Waals surface area contributed by atoms with Gasteiger partial charge in [0.05, 0.1) is 4.91 Å². The van der Waals surface area contributed by atoms with Gasteiger partial charge in [0.2, 0.25) is 0 Å². The first-order valence-corrected chi connectivity index (χ1v) is 9.47. The van der Waals surface area contributed by atoms with Crippen LogP contribution in [0.15, 0.2) is 29.2 Å². The molecule has 0 atom stereocenters. The van der Waals surface area contributed by atoms with Gasteiger partial charge in [-0.1, -0.05) is 44.2 Å². The maximum Gasteiger partial charge on any atom is 0.311 e. The number of ether oxygens (including phenoxy) is 1. The third kappa shape index (κ3) is 5.19. The second kappa shape index (κ2) is 8.34. The Morgan fingerprint density at radius 2 is 1.88 bits per heavy atom. The summed E-state index contributed by atoms with van der Waals surface area (Å²) in [7, 11) is 0. The molecule has 25 heavy (non-hydrogen) atoms. The largest absolute Gasteiger partial charge is 0.427 e. The van der Waals surface area contributed by atoms with Gasteiger partial charge in [0, 0.05) is 6.42 Å². The van der Waals surface area contributed by atoms with E-state index in [2.05, 4.69) is 5.32 Å². The Morgan fingerprint density at radius 1 is 1.16 bits per heavy atom. The summed E-state index contributed by atoms with van der Waals surface area (Å²) < 4.78 is 5.37. The summed E-state index contributed by atoms with van der Waals surface area (Å²) >= 11 is 0.880. The fourth-order valence-corrected chi connectivity index (χ4v) is 3.87. The second-order valence-corrected chi connectivity index (χ2v) is 7.45. The zero-order valence-electron chi connectivity index (χ0n) is 14.0. The molecule has 1 saturated heterocycles. The minimum Gasteiger partial charge on any atom is -0.427 e. The van der Waals surface area contributed by atoms with Gasteiger partial charge in [-0.05, 0) is 47.9 Å². The SMILES string of the molecule is O=C(CCC1CCCCC1)Oc1ccc(C=C2SC(=O)NC2=O)cc1. The first kappa shape index (κ1) is 17.7. The van der Waals surface area contributed by atoms with Crippen molar-refractivity contribution in [3.63, 3.8) is 0 Å². The van der Waals surface area contributed by atoms with Crippen LogP contribution in [0.4, 0.5) is 4.79 Å². The van der Waals surface area contributed by atoms with Gasteiger partial charge in [-0.2, -0.15) is 0 Å². The van der Waals surface area contributed by atoms with Crippen molar-refractivity contribution < 1.29 is 19.1 Å². The predicted octanol–water partition coefficient (Wildman–Crippen LogP) is 4.28. The maximum absolute atomic E-state index is 12.0. The van der Waals surface area contributed by atoms with Crippen molar-refractivity contribution in [3.8, 4) is 5.75 Å². The van der Waals surface area contributed by atoms with Gasteiger partial charge in [0.25, 0.3) is 11.1 Å². The van der Waals surface area contributed by atoms with Crippen molar-refractivity contribution in [1.29, 1.82) is 0 Å². The van der Waals surface area contributed by atoms with E-state index in [0.29, 0.717) is 23.0 Å². The number of rotatable bonds is 5. The van der Waals surface area contributed by atoms with Gasteiger partial charge in [-0.25, -0.2) is 0 Å². The first-order valence-electron chi connectivity index (χ1n) is 8.66. The van der Waals surface area contributed by atoms with Gasteiger partial charge in [0.1, 0.15) is 5.75 Å². The number of imide groups is 1. The first-order chi connectivity index (χ1) is 12.1. The third-order valence-electron chi connectivity index (χ3n) is 4.53. The van der Waals surface area contributed by atoms with E-state index in [-0.39, 0.29) is 17.1 Å². The van der Waals surface area contributed by atoms with Crippen molar-refractivity contribution in [2.75, 3.05) is 0 Å². The highest BCUT2D eigenvalue weighted by molar-refractivity contribution is 8.18. The Balaban J connectivity index is 1.50. The summed E-state index contributed by atoms with van der Waals surface area (Å²) in [6, 6.07) is 6.91. The van der Waals surface area contributed by atoms with E-state index < -0.39 is 0 Å². The summed E-state index contributed by atoms with van der Waals surface area (Å²) in [5.74, 6) is 0.574. The standard InChI is InChI=1S/C19H21NO4S/c21-17(11-8-13-4-2-1-3-5-13)24-15-9-6-14(7-10-15)12-16-18(22)20-19(23)25-16/h6-7,9-10,12-13H,1-5,8,11H2,(H,20,22,23). The monoisotopic (exact) mass is 359 g/mol. The summed E-state index contributed by atoms with van der Waals surface area (Å²) in [4.78, 5) is 35.0. The molecule has 2 amide bonds. The van der Waals surface area contributed by atoms with Crippen molar-refractivity contribution in [2.24, 2.45) is 5.92 Å². The molecular weight excluding hydrogens is 338 g/mol. The molecule has 1 aliphatic heterocycles. The molecule has 0 aromatic heterocycles. The quantitative estimate of drug-likeness (QED) is 0.483. The number of benzene rings is 1. The highest BCUT2D eigenvalue weighted by atomic mass is 32.2. The molecule has 1 aromatic rings. The van der Waals surface area contributed by atoms with E-state index in [0.717, 1.165) is 23.7 Å². The maximum atomic E-state index is 12.0. The molecule has 1 aromatic carbocycles. The zero-order valence-corrected chi connectivity index (χ0v) is 14.8. The fraction of sp³-hybridized carbons (Fsp3) is 0.421. The number of esters is 1. The average Bonchev–Trinajstić information content (AvgIpc) is 2.93. The minimum absolute atomic E-state index is 0.201. The summed E-state index contributed by atoms with van der Waals surface area (Å²) in [6.07, 6.45) is 9.32. The number of nitrogens with one attached hydrogen (secondary N) is 1. The molecule has 1 saturated carbocycles. The highest BCUT2D eigenvalue weighted by Gasteiger charge is 2.24. The number of carbonyl (C=O) groups is 3. The molecule has 1 aliphatic carbocycles. The summed E-state index contributed by atoms with van der Waals surface area (Å²) in [5, 5.41) is 1.85. The van der Waals surface area contributed by atoms with Crippen LogP contribution in [0.3, 0.4) is 0 Å².